The number of benzene rings is 1. The molecule has 0 spiro atoms. The molecule has 1 atom stereocenters. The molecule has 0 fully saturated rings. The van der Waals surface area contributed by atoms with E-state index >= 15 is 0 Å². The summed E-state index contributed by atoms with van der Waals surface area (Å²) in [7, 11) is 1.96. The highest BCUT2D eigenvalue weighted by Gasteiger charge is 2.16. The molecule has 0 radical (unpaired) electrons. The van der Waals surface area contributed by atoms with E-state index in [0.29, 0.717) is 0 Å². The largest absolute Gasteiger partial charge is 0.305 e. The van der Waals surface area contributed by atoms with Gasteiger partial charge in [-0.1, -0.05) is 41.6 Å². The molecule has 0 aliphatic carbocycles. The summed E-state index contributed by atoms with van der Waals surface area (Å²) in [6, 6.07) is 11.7. The molecule has 4 nitrogen and oxygen atoms in total. The highest BCUT2D eigenvalue weighted by atomic mass is 35.5. The summed E-state index contributed by atoms with van der Waals surface area (Å²) in [5, 5.41) is 10.4. The number of hydrogen-bond donors (Lipinski definition) is 0. The van der Waals surface area contributed by atoms with Crippen LogP contribution >= 0.6 is 23.4 Å². The molecule has 0 saturated heterocycles. The molecule has 2 aromatic heterocycles. The van der Waals surface area contributed by atoms with Crippen LogP contribution in [0.25, 0.3) is 11.4 Å². The predicted molar refractivity (Wildman–Crippen MR) is 90.0 cm³/mol. The van der Waals surface area contributed by atoms with Crippen LogP contribution in [0.15, 0.2) is 53.9 Å². The van der Waals surface area contributed by atoms with Gasteiger partial charge in [-0.2, -0.15) is 0 Å². The zero-order valence-electron chi connectivity index (χ0n) is 12.3. The summed E-state index contributed by atoms with van der Waals surface area (Å²) >= 11 is 7.90. The van der Waals surface area contributed by atoms with Crippen molar-refractivity contribution in [1.29, 1.82) is 0 Å². The fraction of sp³-hybridized carbons (Fsp3) is 0.188. The number of pyridine rings is 1. The molecule has 0 unspecified atom stereocenters. The van der Waals surface area contributed by atoms with Crippen molar-refractivity contribution < 1.29 is 0 Å². The maximum Gasteiger partial charge on any atom is 0.191 e. The Morgan fingerprint density at radius 1 is 1.14 bits per heavy atom. The predicted octanol–water partition coefficient (Wildman–Crippen LogP) is 4.38. The van der Waals surface area contributed by atoms with Gasteiger partial charge in [0.1, 0.15) is 0 Å². The first kappa shape index (κ1) is 15.1. The van der Waals surface area contributed by atoms with Crippen molar-refractivity contribution in [1.82, 2.24) is 19.7 Å². The molecule has 0 amide bonds. The zero-order valence-corrected chi connectivity index (χ0v) is 13.8. The SMILES string of the molecule is C[C@H](Sc1nnc(-c2cccnc2)n1C)c1ccccc1Cl. The number of thioether (sulfide) groups is 1. The highest BCUT2D eigenvalue weighted by Crippen LogP contribution is 2.37. The van der Waals surface area contributed by atoms with Crippen molar-refractivity contribution in [3.63, 3.8) is 0 Å². The van der Waals surface area contributed by atoms with Crippen molar-refractivity contribution in [2.45, 2.75) is 17.3 Å². The third kappa shape index (κ3) is 3.00. The smallest absolute Gasteiger partial charge is 0.191 e. The van der Waals surface area contributed by atoms with E-state index in [9.17, 15) is 0 Å². The molecular weight excluding hydrogens is 316 g/mol. The monoisotopic (exact) mass is 330 g/mol. The molecule has 1 aromatic carbocycles. The minimum Gasteiger partial charge on any atom is -0.305 e. The fourth-order valence-corrected chi connectivity index (χ4v) is 3.54. The van der Waals surface area contributed by atoms with Gasteiger partial charge in [-0.05, 0) is 30.7 Å². The van der Waals surface area contributed by atoms with Gasteiger partial charge < -0.3 is 4.57 Å². The lowest BCUT2D eigenvalue weighted by Gasteiger charge is -2.12. The quantitative estimate of drug-likeness (QED) is 0.666. The minimum absolute atomic E-state index is 0.193. The van der Waals surface area contributed by atoms with Crippen LogP contribution in [0, 0.1) is 0 Å². The Hall–Kier alpha value is -1.85. The Balaban J connectivity index is 1.85. The number of nitrogens with zero attached hydrogens (tertiary/aromatic N) is 4. The van der Waals surface area contributed by atoms with E-state index in [2.05, 4.69) is 22.1 Å². The van der Waals surface area contributed by atoms with Crippen LogP contribution in [-0.4, -0.2) is 19.7 Å². The maximum absolute atomic E-state index is 6.26. The van der Waals surface area contributed by atoms with E-state index < -0.39 is 0 Å². The Labute approximate surface area is 138 Å². The lowest BCUT2D eigenvalue weighted by Crippen LogP contribution is -1.97. The fourth-order valence-electron chi connectivity index (χ4n) is 2.19. The van der Waals surface area contributed by atoms with E-state index in [0.717, 1.165) is 27.1 Å². The van der Waals surface area contributed by atoms with Gasteiger partial charge in [0.05, 0.1) is 0 Å². The standard InChI is InChI=1S/C16H15ClN4S/c1-11(13-7-3-4-8-14(13)17)22-16-20-19-15(21(16)2)12-6-5-9-18-10-12/h3-11H,1-2H3/t11-/m0/s1. The van der Waals surface area contributed by atoms with Gasteiger partial charge in [0, 0.05) is 35.3 Å². The van der Waals surface area contributed by atoms with Crippen LogP contribution in [0.5, 0.6) is 0 Å². The molecule has 0 aliphatic heterocycles. The number of halogens is 1. The molecular formula is C16H15ClN4S. The molecule has 112 valence electrons. The molecule has 3 aromatic rings. The molecule has 6 heteroatoms. The molecule has 2 heterocycles. The lowest BCUT2D eigenvalue weighted by atomic mass is 10.2. The third-order valence-corrected chi connectivity index (χ3v) is 4.90. The van der Waals surface area contributed by atoms with E-state index in [1.165, 1.54) is 0 Å². The first-order valence-electron chi connectivity index (χ1n) is 6.87. The Morgan fingerprint density at radius 2 is 1.95 bits per heavy atom. The van der Waals surface area contributed by atoms with Crippen molar-refractivity contribution in [2.75, 3.05) is 0 Å². The van der Waals surface area contributed by atoms with E-state index in [1.54, 1.807) is 24.2 Å². The summed E-state index contributed by atoms with van der Waals surface area (Å²) in [6.07, 6.45) is 3.53. The van der Waals surface area contributed by atoms with Crippen LogP contribution in [0.2, 0.25) is 5.02 Å². The highest BCUT2D eigenvalue weighted by molar-refractivity contribution is 7.99. The Morgan fingerprint density at radius 3 is 2.68 bits per heavy atom. The van der Waals surface area contributed by atoms with Crippen LogP contribution in [0.4, 0.5) is 0 Å². The summed E-state index contributed by atoms with van der Waals surface area (Å²) in [6.45, 7) is 2.12. The van der Waals surface area contributed by atoms with Crippen molar-refractivity contribution in [3.05, 3.63) is 59.4 Å². The van der Waals surface area contributed by atoms with E-state index in [-0.39, 0.29) is 5.25 Å². The number of rotatable bonds is 4. The van der Waals surface area contributed by atoms with Crippen LogP contribution in [0.3, 0.4) is 0 Å². The van der Waals surface area contributed by atoms with Crippen molar-refractivity contribution in [2.24, 2.45) is 7.05 Å². The normalized spacial score (nSPS) is 12.3. The second-order valence-corrected chi connectivity index (χ2v) is 6.60. The average Bonchev–Trinajstić information content (AvgIpc) is 2.89. The van der Waals surface area contributed by atoms with Gasteiger partial charge in [-0.15, -0.1) is 10.2 Å². The molecule has 0 N–H and O–H groups in total. The van der Waals surface area contributed by atoms with Crippen molar-refractivity contribution >= 4 is 23.4 Å². The zero-order chi connectivity index (χ0) is 15.5. The number of aromatic nitrogens is 4. The van der Waals surface area contributed by atoms with Crippen molar-refractivity contribution in [3.8, 4) is 11.4 Å². The van der Waals surface area contributed by atoms with Gasteiger partial charge in [0.15, 0.2) is 11.0 Å². The summed E-state index contributed by atoms with van der Waals surface area (Å²) in [5.41, 5.74) is 2.05. The topological polar surface area (TPSA) is 43.6 Å². The number of hydrogen-bond acceptors (Lipinski definition) is 4. The first-order chi connectivity index (χ1) is 10.7. The lowest BCUT2D eigenvalue weighted by molar-refractivity contribution is 0.790. The van der Waals surface area contributed by atoms with Crippen LogP contribution < -0.4 is 0 Å². The Kier molecular flexibility index (Phi) is 4.45. The molecule has 3 rings (SSSR count). The second-order valence-electron chi connectivity index (χ2n) is 4.89. The maximum atomic E-state index is 6.26. The third-order valence-electron chi connectivity index (χ3n) is 3.38. The second kappa shape index (κ2) is 6.50. The van der Waals surface area contributed by atoms with E-state index in [4.69, 9.17) is 11.6 Å². The van der Waals surface area contributed by atoms with Gasteiger partial charge >= 0.3 is 0 Å². The van der Waals surface area contributed by atoms with E-state index in [1.807, 2.05) is 48.0 Å². The molecule has 0 bridgehead atoms. The molecule has 22 heavy (non-hydrogen) atoms. The van der Waals surface area contributed by atoms with Gasteiger partial charge in [0.25, 0.3) is 0 Å². The first-order valence-corrected chi connectivity index (χ1v) is 8.13. The van der Waals surface area contributed by atoms with Gasteiger partial charge in [-0.3, -0.25) is 4.98 Å². The summed E-state index contributed by atoms with van der Waals surface area (Å²) < 4.78 is 1.98. The van der Waals surface area contributed by atoms with Crippen LogP contribution in [0.1, 0.15) is 17.7 Å². The summed E-state index contributed by atoms with van der Waals surface area (Å²) in [4.78, 5) is 4.13. The Bertz CT molecular complexity index is 773. The molecule has 0 saturated carbocycles. The molecule has 0 aliphatic rings. The van der Waals surface area contributed by atoms with Gasteiger partial charge in [-0.25, -0.2) is 0 Å². The summed E-state index contributed by atoms with van der Waals surface area (Å²) in [5.74, 6) is 0.807. The average molecular weight is 331 g/mol. The van der Waals surface area contributed by atoms with Gasteiger partial charge in [0.2, 0.25) is 0 Å². The van der Waals surface area contributed by atoms with Crippen LogP contribution in [-0.2, 0) is 7.05 Å². The minimum atomic E-state index is 0.193.